The molecule has 0 unspecified atom stereocenters. The molecule has 2 aromatic rings. The number of anilines is 1. The van der Waals surface area contributed by atoms with Gasteiger partial charge in [0.1, 0.15) is 17.9 Å². The Bertz CT molecular complexity index is 640. The van der Waals surface area contributed by atoms with Gasteiger partial charge in [0.25, 0.3) is 0 Å². The van der Waals surface area contributed by atoms with E-state index in [1.807, 2.05) is 19.9 Å². The predicted molar refractivity (Wildman–Crippen MR) is 84.1 cm³/mol. The molecule has 21 heavy (non-hydrogen) atoms. The van der Waals surface area contributed by atoms with E-state index in [1.54, 1.807) is 6.33 Å². The molecule has 0 radical (unpaired) electrons. The van der Waals surface area contributed by atoms with Crippen molar-refractivity contribution in [2.24, 2.45) is 0 Å². The van der Waals surface area contributed by atoms with Crippen molar-refractivity contribution in [2.75, 3.05) is 11.9 Å². The Morgan fingerprint density at radius 2 is 1.95 bits per heavy atom. The first-order valence-electron chi connectivity index (χ1n) is 7.63. The average molecular weight is 283 g/mol. The highest BCUT2D eigenvalue weighted by Crippen LogP contribution is 2.30. The lowest BCUT2D eigenvalue weighted by molar-refractivity contribution is 0.456. The Balaban J connectivity index is 1.85. The minimum absolute atomic E-state index is 0.622. The SMILES string of the molecule is CCNc1ncnc(Oc2ccc3c(c2)CCCC3)c1C. The Morgan fingerprint density at radius 3 is 2.76 bits per heavy atom. The summed E-state index contributed by atoms with van der Waals surface area (Å²) < 4.78 is 5.97. The molecular formula is C17H21N3O. The number of aryl methyl sites for hydroxylation is 2. The van der Waals surface area contributed by atoms with Crippen LogP contribution >= 0.6 is 0 Å². The summed E-state index contributed by atoms with van der Waals surface area (Å²) in [6, 6.07) is 6.38. The number of nitrogens with one attached hydrogen (secondary N) is 1. The van der Waals surface area contributed by atoms with Gasteiger partial charge in [0.2, 0.25) is 5.88 Å². The van der Waals surface area contributed by atoms with E-state index in [0.29, 0.717) is 5.88 Å². The first-order chi connectivity index (χ1) is 10.3. The van der Waals surface area contributed by atoms with Crippen molar-refractivity contribution in [2.45, 2.75) is 39.5 Å². The van der Waals surface area contributed by atoms with Crippen LogP contribution in [0.5, 0.6) is 11.6 Å². The standard InChI is InChI=1S/C17H21N3O/c1-3-18-16-12(2)17(20-11-19-16)21-15-9-8-13-6-4-5-7-14(13)10-15/h8-11H,3-7H2,1-2H3,(H,18,19,20). The van der Waals surface area contributed by atoms with Gasteiger partial charge >= 0.3 is 0 Å². The summed E-state index contributed by atoms with van der Waals surface area (Å²) in [4.78, 5) is 8.49. The van der Waals surface area contributed by atoms with Crippen LogP contribution in [-0.2, 0) is 12.8 Å². The number of nitrogens with zero attached hydrogens (tertiary/aromatic N) is 2. The zero-order valence-corrected chi connectivity index (χ0v) is 12.6. The number of aromatic nitrogens is 2. The summed E-state index contributed by atoms with van der Waals surface area (Å²) in [7, 11) is 0. The largest absolute Gasteiger partial charge is 0.439 e. The molecule has 1 heterocycles. The molecule has 0 fully saturated rings. The minimum Gasteiger partial charge on any atom is -0.439 e. The molecule has 110 valence electrons. The van der Waals surface area contributed by atoms with Crippen LogP contribution in [0.2, 0.25) is 0 Å². The lowest BCUT2D eigenvalue weighted by Gasteiger charge is -2.17. The average Bonchev–Trinajstić information content (AvgIpc) is 2.51. The lowest BCUT2D eigenvalue weighted by Crippen LogP contribution is -2.05. The van der Waals surface area contributed by atoms with E-state index in [-0.39, 0.29) is 0 Å². The zero-order chi connectivity index (χ0) is 14.7. The maximum absolute atomic E-state index is 5.97. The van der Waals surface area contributed by atoms with Gasteiger partial charge in [-0.25, -0.2) is 9.97 Å². The molecular weight excluding hydrogens is 262 g/mol. The number of rotatable bonds is 4. The maximum atomic E-state index is 5.97. The molecule has 0 bridgehead atoms. The van der Waals surface area contributed by atoms with Gasteiger partial charge in [0.05, 0.1) is 5.56 Å². The highest BCUT2D eigenvalue weighted by atomic mass is 16.5. The number of ether oxygens (including phenoxy) is 1. The molecule has 0 atom stereocenters. The van der Waals surface area contributed by atoms with Gasteiger partial charge < -0.3 is 10.1 Å². The van der Waals surface area contributed by atoms with Crippen LogP contribution in [0.1, 0.15) is 36.5 Å². The van der Waals surface area contributed by atoms with Crippen LogP contribution in [0.15, 0.2) is 24.5 Å². The van der Waals surface area contributed by atoms with E-state index >= 15 is 0 Å². The minimum atomic E-state index is 0.622. The van der Waals surface area contributed by atoms with Crippen LogP contribution in [0.25, 0.3) is 0 Å². The van der Waals surface area contributed by atoms with Crippen LogP contribution < -0.4 is 10.1 Å². The van der Waals surface area contributed by atoms with Gasteiger partial charge in [-0.05, 0) is 62.8 Å². The third-order valence-corrected chi connectivity index (χ3v) is 3.92. The Labute approximate surface area is 125 Å². The maximum Gasteiger partial charge on any atom is 0.227 e. The highest BCUT2D eigenvalue weighted by molar-refractivity contribution is 5.49. The first kappa shape index (κ1) is 13.9. The van der Waals surface area contributed by atoms with Crippen molar-refractivity contribution >= 4 is 5.82 Å². The van der Waals surface area contributed by atoms with Crippen LogP contribution in [0, 0.1) is 6.92 Å². The van der Waals surface area contributed by atoms with Crippen molar-refractivity contribution in [3.05, 3.63) is 41.2 Å². The third kappa shape index (κ3) is 2.99. The fourth-order valence-corrected chi connectivity index (χ4v) is 2.77. The summed E-state index contributed by atoms with van der Waals surface area (Å²) in [5.41, 5.74) is 3.82. The van der Waals surface area contributed by atoms with Gasteiger partial charge in [-0.3, -0.25) is 0 Å². The van der Waals surface area contributed by atoms with Crippen molar-refractivity contribution in [1.82, 2.24) is 9.97 Å². The molecule has 0 spiro atoms. The second-order valence-corrected chi connectivity index (χ2v) is 5.42. The van der Waals surface area contributed by atoms with E-state index < -0.39 is 0 Å². The van der Waals surface area contributed by atoms with E-state index in [4.69, 9.17) is 4.74 Å². The molecule has 1 aliphatic carbocycles. The molecule has 0 amide bonds. The molecule has 1 aromatic carbocycles. The van der Waals surface area contributed by atoms with Gasteiger partial charge in [-0.2, -0.15) is 0 Å². The van der Waals surface area contributed by atoms with Crippen molar-refractivity contribution < 1.29 is 4.74 Å². The van der Waals surface area contributed by atoms with E-state index in [0.717, 1.165) is 30.1 Å². The van der Waals surface area contributed by atoms with Crippen molar-refractivity contribution in [3.8, 4) is 11.6 Å². The summed E-state index contributed by atoms with van der Waals surface area (Å²) in [6.07, 6.45) is 6.45. The zero-order valence-electron chi connectivity index (χ0n) is 12.6. The second kappa shape index (κ2) is 6.12. The first-order valence-corrected chi connectivity index (χ1v) is 7.63. The molecule has 4 heteroatoms. The molecule has 1 aliphatic rings. The molecule has 1 N–H and O–H groups in total. The molecule has 4 nitrogen and oxygen atoms in total. The second-order valence-electron chi connectivity index (χ2n) is 5.42. The summed E-state index contributed by atoms with van der Waals surface area (Å²) in [5.74, 6) is 2.32. The fourth-order valence-electron chi connectivity index (χ4n) is 2.77. The van der Waals surface area contributed by atoms with Crippen LogP contribution in [-0.4, -0.2) is 16.5 Å². The number of hydrogen-bond donors (Lipinski definition) is 1. The number of benzene rings is 1. The molecule has 0 saturated heterocycles. The monoisotopic (exact) mass is 283 g/mol. The summed E-state index contributed by atoms with van der Waals surface area (Å²) >= 11 is 0. The summed E-state index contributed by atoms with van der Waals surface area (Å²) in [6.45, 7) is 4.85. The molecule has 0 aliphatic heterocycles. The van der Waals surface area contributed by atoms with Crippen molar-refractivity contribution in [1.29, 1.82) is 0 Å². The Kier molecular flexibility index (Phi) is 4.04. The van der Waals surface area contributed by atoms with Crippen molar-refractivity contribution in [3.63, 3.8) is 0 Å². The van der Waals surface area contributed by atoms with E-state index in [2.05, 4.69) is 27.4 Å². The van der Waals surface area contributed by atoms with Crippen LogP contribution in [0.4, 0.5) is 5.82 Å². The smallest absolute Gasteiger partial charge is 0.227 e. The van der Waals surface area contributed by atoms with Gasteiger partial charge in [-0.1, -0.05) is 6.07 Å². The summed E-state index contributed by atoms with van der Waals surface area (Å²) in [5, 5.41) is 3.22. The predicted octanol–water partition coefficient (Wildman–Crippen LogP) is 3.89. The number of fused-ring (bicyclic) bond motifs is 1. The van der Waals surface area contributed by atoms with Gasteiger partial charge in [0.15, 0.2) is 0 Å². The molecule has 1 aromatic heterocycles. The highest BCUT2D eigenvalue weighted by Gasteiger charge is 2.12. The van der Waals surface area contributed by atoms with Crippen LogP contribution in [0.3, 0.4) is 0 Å². The quantitative estimate of drug-likeness (QED) is 0.924. The van der Waals surface area contributed by atoms with E-state index in [9.17, 15) is 0 Å². The van der Waals surface area contributed by atoms with E-state index in [1.165, 1.54) is 30.4 Å². The molecule has 0 saturated carbocycles. The van der Waals surface area contributed by atoms with Gasteiger partial charge in [-0.15, -0.1) is 0 Å². The topological polar surface area (TPSA) is 47.0 Å². The Hall–Kier alpha value is -2.10. The lowest BCUT2D eigenvalue weighted by atomic mass is 9.92. The Morgan fingerprint density at radius 1 is 1.14 bits per heavy atom. The van der Waals surface area contributed by atoms with Gasteiger partial charge in [0, 0.05) is 6.54 Å². The normalized spacial score (nSPS) is 13.6. The number of hydrogen-bond acceptors (Lipinski definition) is 4. The third-order valence-electron chi connectivity index (χ3n) is 3.92. The fraction of sp³-hybridized carbons (Fsp3) is 0.412. The molecule has 3 rings (SSSR count).